The van der Waals surface area contributed by atoms with Gasteiger partial charge in [0.25, 0.3) is 11.6 Å². The van der Waals surface area contributed by atoms with Crippen molar-refractivity contribution < 1.29 is 14.1 Å². The van der Waals surface area contributed by atoms with Gasteiger partial charge in [0, 0.05) is 31.1 Å². The van der Waals surface area contributed by atoms with E-state index >= 15 is 0 Å². The second-order valence-corrected chi connectivity index (χ2v) is 5.77. The Morgan fingerprint density at radius 1 is 1.48 bits per heavy atom. The normalized spacial score (nSPS) is 14.9. The second-order valence-electron chi connectivity index (χ2n) is 4.54. The fraction of sp³-hybridized carbons (Fsp3) is 0.462. The molecule has 1 aromatic carbocycles. The highest BCUT2D eigenvalue weighted by Gasteiger charge is 2.28. The predicted molar refractivity (Wildman–Crippen MR) is 80.4 cm³/mol. The lowest BCUT2D eigenvalue weighted by atomic mass is 10.1. The number of nitro groups is 1. The highest BCUT2D eigenvalue weighted by molar-refractivity contribution is 7.99. The SMILES string of the molecule is CCNc1cc(C(=O)N2CCSCC2)c([N+](=O)[O-])cc1F. The maximum atomic E-state index is 13.8. The number of thioether (sulfide) groups is 1. The van der Waals surface area contributed by atoms with E-state index in [1.165, 1.54) is 6.07 Å². The summed E-state index contributed by atoms with van der Waals surface area (Å²) in [5.41, 5.74) is -0.445. The van der Waals surface area contributed by atoms with Crippen LogP contribution in [0.3, 0.4) is 0 Å². The van der Waals surface area contributed by atoms with E-state index in [0.29, 0.717) is 19.6 Å². The van der Waals surface area contributed by atoms with Gasteiger partial charge in [0.15, 0.2) is 5.82 Å². The molecule has 1 heterocycles. The van der Waals surface area contributed by atoms with Crippen LogP contribution in [0.15, 0.2) is 12.1 Å². The molecule has 1 aliphatic heterocycles. The van der Waals surface area contributed by atoms with E-state index in [9.17, 15) is 19.3 Å². The molecule has 6 nitrogen and oxygen atoms in total. The molecular formula is C13H16FN3O3S. The smallest absolute Gasteiger partial charge is 0.285 e. The van der Waals surface area contributed by atoms with Crippen molar-refractivity contribution >= 4 is 29.0 Å². The van der Waals surface area contributed by atoms with Gasteiger partial charge in [-0.3, -0.25) is 14.9 Å². The van der Waals surface area contributed by atoms with Gasteiger partial charge in [-0.25, -0.2) is 4.39 Å². The average Bonchev–Trinajstić information content (AvgIpc) is 2.49. The summed E-state index contributed by atoms with van der Waals surface area (Å²) in [6.45, 7) is 3.34. The van der Waals surface area contributed by atoms with Crippen molar-refractivity contribution in [1.29, 1.82) is 0 Å². The zero-order valence-corrected chi connectivity index (χ0v) is 12.4. The topological polar surface area (TPSA) is 75.5 Å². The summed E-state index contributed by atoms with van der Waals surface area (Å²) in [5, 5.41) is 13.8. The lowest BCUT2D eigenvalue weighted by Crippen LogP contribution is -2.38. The van der Waals surface area contributed by atoms with Crippen LogP contribution in [0.1, 0.15) is 17.3 Å². The van der Waals surface area contributed by atoms with E-state index in [1.807, 2.05) is 0 Å². The lowest BCUT2D eigenvalue weighted by molar-refractivity contribution is -0.385. The van der Waals surface area contributed by atoms with Gasteiger partial charge in [0.2, 0.25) is 0 Å². The Hall–Kier alpha value is -1.83. The van der Waals surface area contributed by atoms with Crippen LogP contribution in [0.5, 0.6) is 0 Å². The van der Waals surface area contributed by atoms with Gasteiger partial charge in [0.1, 0.15) is 5.56 Å². The fourth-order valence-corrected chi connectivity index (χ4v) is 3.05. The molecule has 0 aliphatic carbocycles. The molecule has 0 unspecified atom stereocenters. The van der Waals surface area contributed by atoms with Gasteiger partial charge in [-0.1, -0.05) is 0 Å². The highest BCUT2D eigenvalue weighted by atomic mass is 32.2. The number of anilines is 1. The number of halogens is 1. The van der Waals surface area contributed by atoms with Crippen molar-refractivity contribution in [1.82, 2.24) is 4.90 Å². The third kappa shape index (κ3) is 3.44. The predicted octanol–water partition coefficient (Wildman–Crippen LogP) is 2.35. The maximum absolute atomic E-state index is 13.8. The van der Waals surface area contributed by atoms with Gasteiger partial charge in [-0.2, -0.15) is 11.8 Å². The van der Waals surface area contributed by atoms with Crippen molar-refractivity contribution in [3.05, 3.63) is 33.6 Å². The van der Waals surface area contributed by atoms with Gasteiger partial charge in [-0.15, -0.1) is 0 Å². The number of hydrogen-bond acceptors (Lipinski definition) is 5. The number of nitro benzene ring substituents is 1. The van der Waals surface area contributed by atoms with Crippen molar-refractivity contribution in [2.45, 2.75) is 6.92 Å². The van der Waals surface area contributed by atoms with Crippen molar-refractivity contribution in [3.63, 3.8) is 0 Å². The summed E-state index contributed by atoms with van der Waals surface area (Å²) in [5.74, 6) is 0.470. The van der Waals surface area contributed by atoms with Gasteiger partial charge < -0.3 is 10.2 Å². The summed E-state index contributed by atoms with van der Waals surface area (Å²) >= 11 is 1.74. The number of rotatable bonds is 4. The summed E-state index contributed by atoms with van der Waals surface area (Å²) < 4.78 is 13.8. The molecule has 1 aliphatic rings. The average molecular weight is 313 g/mol. The first-order chi connectivity index (χ1) is 10.0. The molecule has 0 spiro atoms. The number of nitrogens with one attached hydrogen (secondary N) is 1. The van der Waals surface area contributed by atoms with E-state index in [0.717, 1.165) is 17.6 Å². The Bertz CT molecular complexity index is 562. The molecule has 8 heteroatoms. The molecule has 1 saturated heterocycles. The number of nitrogens with zero attached hydrogens (tertiary/aromatic N) is 2. The summed E-state index contributed by atoms with van der Waals surface area (Å²) in [6.07, 6.45) is 0. The quantitative estimate of drug-likeness (QED) is 0.682. The molecule has 2 rings (SSSR count). The van der Waals surface area contributed by atoms with E-state index in [2.05, 4.69) is 5.32 Å². The minimum atomic E-state index is -0.728. The third-order valence-electron chi connectivity index (χ3n) is 3.18. The Labute approximate surface area is 125 Å². The largest absolute Gasteiger partial charge is 0.383 e. The van der Waals surface area contributed by atoms with Crippen LogP contribution < -0.4 is 5.32 Å². The second kappa shape index (κ2) is 6.75. The summed E-state index contributed by atoms with van der Waals surface area (Å²) in [4.78, 5) is 24.4. The first-order valence-electron chi connectivity index (χ1n) is 6.63. The number of amides is 1. The van der Waals surface area contributed by atoms with Crippen LogP contribution in [0.2, 0.25) is 0 Å². The minimum Gasteiger partial charge on any atom is -0.383 e. The molecule has 21 heavy (non-hydrogen) atoms. The molecule has 0 atom stereocenters. The summed E-state index contributed by atoms with van der Waals surface area (Å²) in [7, 11) is 0. The number of carbonyl (C=O) groups is 1. The molecule has 1 aromatic rings. The van der Waals surface area contributed by atoms with E-state index in [4.69, 9.17) is 0 Å². The molecule has 0 saturated carbocycles. The van der Waals surface area contributed by atoms with Gasteiger partial charge in [0.05, 0.1) is 16.7 Å². The number of benzene rings is 1. The maximum Gasteiger partial charge on any atom is 0.285 e. The molecule has 0 aromatic heterocycles. The monoisotopic (exact) mass is 313 g/mol. The van der Waals surface area contributed by atoms with E-state index in [-0.39, 0.29) is 11.3 Å². The zero-order chi connectivity index (χ0) is 15.4. The molecule has 0 bridgehead atoms. The standard InChI is InChI=1S/C13H16FN3O3S/c1-2-15-11-7-9(12(17(19)20)8-10(11)14)13(18)16-3-5-21-6-4-16/h7-8,15H,2-6H2,1H3. The van der Waals surface area contributed by atoms with Gasteiger partial charge >= 0.3 is 0 Å². The molecule has 114 valence electrons. The molecule has 1 amide bonds. The Morgan fingerprint density at radius 3 is 2.71 bits per heavy atom. The minimum absolute atomic E-state index is 0.0655. The van der Waals surface area contributed by atoms with Crippen molar-refractivity contribution in [3.8, 4) is 0 Å². The molecule has 0 radical (unpaired) electrons. The van der Waals surface area contributed by atoms with Crippen LogP contribution in [-0.2, 0) is 0 Å². The first-order valence-corrected chi connectivity index (χ1v) is 7.79. The van der Waals surface area contributed by atoms with Crippen LogP contribution in [0.4, 0.5) is 15.8 Å². The fourth-order valence-electron chi connectivity index (χ4n) is 2.15. The first kappa shape index (κ1) is 15.6. The number of carbonyl (C=O) groups excluding carboxylic acids is 1. The van der Waals surface area contributed by atoms with Crippen LogP contribution in [0, 0.1) is 15.9 Å². The van der Waals surface area contributed by atoms with Crippen molar-refractivity contribution in [2.24, 2.45) is 0 Å². The summed E-state index contributed by atoms with van der Waals surface area (Å²) in [6, 6.07) is 2.05. The molecule has 1 fully saturated rings. The van der Waals surface area contributed by atoms with E-state index < -0.39 is 22.3 Å². The Balaban J connectivity index is 2.40. The van der Waals surface area contributed by atoms with Gasteiger partial charge in [-0.05, 0) is 13.0 Å². The lowest BCUT2D eigenvalue weighted by Gasteiger charge is -2.26. The highest BCUT2D eigenvalue weighted by Crippen LogP contribution is 2.28. The zero-order valence-electron chi connectivity index (χ0n) is 11.6. The van der Waals surface area contributed by atoms with Crippen molar-refractivity contribution in [2.75, 3.05) is 36.5 Å². The van der Waals surface area contributed by atoms with Crippen LogP contribution >= 0.6 is 11.8 Å². The third-order valence-corrected chi connectivity index (χ3v) is 4.12. The van der Waals surface area contributed by atoms with Crippen LogP contribution in [-0.4, -0.2) is 46.9 Å². The molecular weight excluding hydrogens is 297 g/mol. The Morgan fingerprint density at radius 2 is 2.14 bits per heavy atom. The Kier molecular flexibility index (Phi) is 5.00. The van der Waals surface area contributed by atoms with E-state index in [1.54, 1.807) is 23.6 Å². The number of hydrogen-bond donors (Lipinski definition) is 1. The van der Waals surface area contributed by atoms with Crippen LogP contribution in [0.25, 0.3) is 0 Å². The molecule has 1 N–H and O–H groups in total.